The van der Waals surface area contributed by atoms with Gasteiger partial charge in [0, 0.05) is 17.6 Å². The number of benzene rings is 1. The summed E-state index contributed by atoms with van der Waals surface area (Å²) in [4.78, 5) is 0. The van der Waals surface area contributed by atoms with Crippen LogP contribution >= 0.6 is 15.9 Å². The van der Waals surface area contributed by atoms with Crippen LogP contribution in [-0.2, 0) is 13.0 Å². The molecule has 0 radical (unpaired) electrons. The molecule has 0 aromatic heterocycles. The molecule has 0 bridgehead atoms. The molecule has 0 spiro atoms. The van der Waals surface area contributed by atoms with E-state index in [1.807, 2.05) is 5.01 Å². The number of fused-ring (bicyclic) bond motifs is 1. The van der Waals surface area contributed by atoms with Crippen molar-refractivity contribution in [3.8, 4) is 0 Å². The molecule has 1 aliphatic heterocycles. The summed E-state index contributed by atoms with van der Waals surface area (Å²) in [5.74, 6) is 5.72. The van der Waals surface area contributed by atoms with E-state index in [2.05, 4.69) is 34.1 Å². The molecule has 3 heteroatoms. The molecular formula is C9H11BrN2. The molecule has 64 valence electrons. The topological polar surface area (TPSA) is 29.3 Å². The Kier molecular flexibility index (Phi) is 2.17. The molecule has 12 heavy (non-hydrogen) atoms. The van der Waals surface area contributed by atoms with Gasteiger partial charge in [-0.05, 0) is 29.7 Å². The predicted octanol–water partition coefficient (Wildman–Crippen LogP) is 1.68. The first kappa shape index (κ1) is 8.23. The van der Waals surface area contributed by atoms with Gasteiger partial charge in [0.1, 0.15) is 0 Å². The fourth-order valence-electron chi connectivity index (χ4n) is 1.55. The van der Waals surface area contributed by atoms with Gasteiger partial charge in [0.15, 0.2) is 0 Å². The second-order valence-electron chi connectivity index (χ2n) is 3.13. The highest BCUT2D eigenvalue weighted by molar-refractivity contribution is 9.10. The van der Waals surface area contributed by atoms with E-state index in [4.69, 9.17) is 5.84 Å². The summed E-state index contributed by atoms with van der Waals surface area (Å²) in [6, 6.07) is 6.41. The van der Waals surface area contributed by atoms with Gasteiger partial charge in [-0.15, -0.1) is 0 Å². The number of rotatable bonds is 0. The molecule has 1 heterocycles. The summed E-state index contributed by atoms with van der Waals surface area (Å²) in [5.41, 5.74) is 2.78. The normalized spacial score (nSPS) is 17.5. The highest BCUT2D eigenvalue weighted by atomic mass is 79.9. The summed E-state index contributed by atoms with van der Waals surface area (Å²) in [7, 11) is 0. The van der Waals surface area contributed by atoms with Crippen LogP contribution in [0.2, 0.25) is 0 Å². The molecule has 0 atom stereocenters. The van der Waals surface area contributed by atoms with E-state index in [0.29, 0.717) is 0 Å². The minimum atomic E-state index is 0.870. The Morgan fingerprint density at radius 2 is 2.17 bits per heavy atom. The third-order valence-corrected chi connectivity index (χ3v) is 2.70. The minimum Gasteiger partial charge on any atom is -0.268 e. The van der Waals surface area contributed by atoms with Gasteiger partial charge in [-0.25, -0.2) is 5.01 Å². The Balaban J connectivity index is 2.37. The van der Waals surface area contributed by atoms with Crippen LogP contribution < -0.4 is 5.84 Å². The molecule has 1 aromatic rings. The molecule has 0 aliphatic carbocycles. The Morgan fingerprint density at radius 3 is 3.00 bits per heavy atom. The zero-order valence-electron chi connectivity index (χ0n) is 6.76. The van der Waals surface area contributed by atoms with E-state index in [9.17, 15) is 0 Å². The Morgan fingerprint density at radius 1 is 1.33 bits per heavy atom. The van der Waals surface area contributed by atoms with Crippen LogP contribution in [0.25, 0.3) is 0 Å². The molecule has 1 aromatic carbocycles. The lowest BCUT2D eigenvalue weighted by molar-refractivity contribution is 0.262. The van der Waals surface area contributed by atoms with Crippen molar-refractivity contribution >= 4 is 15.9 Å². The SMILES string of the molecule is NN1CCc2ccc(Br)cc2C1. The van der Waals surface area contributed by atoms with Crippen molar-refractivity contribution in [2.75, 3.05) is 6.54 Å². The van der Waals surface area contributed by atoms with Crippen molar-refractivity contribution in [1.82, 2.24) is 5.01 Å². The standard InChI is InChI=1S/C9H11BrN2/c10-9-2-1-7-3-4-12(11)6-8(7)5-9/h1-2,5H,3-4,6,11H2. The molecule has 2 rings (SSSR count). The summed E-state index contributed by atoms with van der Waals surface area (Å²) in [6.07, 6.45) is 1.07. The van der Waals surface area contributed by atoms with E-state index >= 15 is 0 Å². The zero-order valence-corrected chi connectivity index (χ0v) is 8.34. The van der Waals surface area contributed by atoms with Gasteiger partial charge in [-0.3, -0.25) is 5.84 Å². The lowest BCUT2D eigenvalue weighted by Crippen LogP contribution is -2.36. The summed E-state index contributed by atoms with van der Waals surface area (Å²) < 4.78 is 1.14. The van der Waals surface area contributed by atoms with E-state index in [0.717, 1.165) is 24.0 Å². The first-order valence-corrected chi connectivity index (χ1v) is 4.82. The summed E-state index contributed by atoms with van der Waals surface area (Å²) in [6.45, 7) is 1.84. The van der Waals surface area contributed by atoms with E-state index in [-0.39, 0.29) is 0 Å². The third-order valence-electron chi connectivity index (χ3n) is 2.21. The van der Waals surface area contributed by atoms with E-state index in [1.165, 1.54) is 11.1 Å². The Hall–Kier alpha value is -0.380. The molecule has 2 N–H and O–H groups in total. The van der Waals surface area contributed by atoms with Crippen molar-refractivity contribution in [2.24, 2.45) is 5.84 Å². The van der Waals surface area contributed by atoms with Crippen LogP contribution in [0.15, 0.2) is 22.7 Å². The van der Waals surface area contributed by atoms with Gasteiger partial charge in [0.05, 0.1) is 0 Å². The van der Waals surface area contributed by atoms with Crippen LogP contribution in [-0.4, -0.2) is 11.6 Å². The summed E-state index contributed by atoms with van der Waals surface area (Å²) >= 11 is 3.45. The van der Waals surface area contributed by atoms with Gasteiger partial charge >= 0.3 is 0 Å². The highest BCUT2D eigenvalue weighted by Gasteiger charge is 2.12. The van der Waals surface area contributed by atoms with Crippen molar-refractivity contribution in [3.05, 3.63) is 33.8 Å². The number of nitrogens with zero attached hydrogens (tertiary/aromatic N) is 1. The number of nitrogens with two attached hydrogens (primary N) is 1. The number of hydrogen-bond acceptors (Lipinski definition) is 2. The molecule has 0 saturated heterocycles. The molecule has 1 aliphatic rings. The van der Waals surface area contributed by atoms with Gasteiger partial charge in [0.2, 0.25) is 0 Å². The maximum atomic E-state index is 5.72. The fourth-order valence-corrected chi connectivity index (χ4v) is 1.96. The summed E-state index contributed by atoms with van der Waals surface area (Å²) in [5, 5.41) is 1.86. The Labute approximate surface area is 80.5 Å². The van der Waals surface area contributed by atoms with E-state index < -0.39 is 0 Å². The maximum Gasteiger partial charge on any atom is 0.0382 e. The zero-order chi connectivity index (χ0) is 8.55. The van der Waals surface area contributed by atoms with Crippen molar-refractivity contribution < 1.29 is 0 Å². The van der Waals surface area contributed by atoms with Crippen LogP contribution in [0.5, 0.6) is 0 Å². The molecule has 2 nitrogen and oxygen atoms in total. The maximum absolute atomic E-state index is 5.72. The first-order chi connectivity index (χ1) is 5.75. The number of halogens is 1. The van der Waals surface area contributed by atoms with Gasteiger partial charge in [-0.1, -0.05) is 22.0 Å². The van der Waals surface area contributed by atoms with Crippen LogP contribution in [0.3, 0.4) is 0 Å². The molecule has 0 unspecified atom stereocenters. The fraction of sp³-hybridized carbons (Fsp3) is 0.333. The lowest BCUT2D eigenvalue weighted by atomic mass is 10.0. The molecule has 0 amide bonds. The van der Waals surface area contributed by atoms with Crippen molar-refractivity contribution in [3.63, 3.8) is 0 Å². The minimum absolute atomic E-state index is 0.870. The predicted molar refractivity (Wildman–Crippen MR) is 52.4 cm³/mol. The molecule has 0 fully saturated rings. The van der Waals surface area contributed by atoms with Crippen molar-refractivity contribution in [1.29, 1.82) is 0 Å². The first-order valence-electron chi connectivity index (χ1n) is 4.02. The van der Waals surface area contributed by atoms with Gasteiger partial charge < -0.3 is 0 Å². The van der Waals surface area contributed by atoms with Gasteiger partial charge in [-0.2, -0.15) is 0 Å². The van der Waals surface area contributed by atoms with Crippen LogP contribution in [0, 0.1) is 0 Å². The lowest BCUT2D eigenvalue weighted by Gasteiger charge is -2.24. The van der Waals surface area contributed by atoms with Gasteiger partial charge in [0.25, 0.3) is 0 Å². The smallest absolute Gasteiger partial charge is 0.0382 e. The number of hydrazine groups is 1. The average molecular weight is 227 g/mol. The van der Waals surface area contributed by atoms with E-state index in [1.54, 1.807) is 0 Å². The van der Waals surface area contributed by atoms with Crippen LogP contribution in [0.1, 0.15) is 11.1 Å². The largest absolute Gasteiger partial charge is 0.268 e. The highest BCUT2D eigenvalue weighted by Crippen LogP contribution is 2.21. The molecule has 0 saturated carbocycles. The molecular weight excluding hydrogens is 216 g/mol. The average Bonchev–Trinajstić information content (AvgIpc) is 2.03. The quantitative estimate of drug-likeness (QED) is 0.683. The monoisotopic (exact) mass is 226 g/mol. The number of hydrogen-bond donors (Lipinski definition) is 1. The van der Waals surface area contributed by atoms with Crippen molar-refractivity contribution in [2.45, 2.75) is 13.0 Å². The third kappa shape index (κ3) is 1.53. The Bertz CT molecular complexity index is 299. The second-order valence-corrected chi connectivity index (χ2v) is 4.05. The van der Waals surface area contributed by atoms with Crippen LogP contribution in [0.4, 0.5) is 0 Å². The second kappa shape index (κ2) is 3.17.